The third kappa shape index (κ3) is 5.95. The van der Waals surface area contributed by atoms with Crippen molar-refractivity contribution in [1.29, 1.82) is 0 Å². The molecular weight excluding hydrogens is 335 g/mol. The second-order valence-corrected chi connectivity index (χ2v) is 6.72. The van der Waals surface area contributed by atoms with Gasteiger partial charge in [-0.2, -0.15) is 0 Å². The predicted molar refractivity (Wildman–Crippen MR) is 54.3 cm³/mol. The van der Waals surface area contributed by atoms with Crippen LogP contribution in [0, 0.1) is 0 Å². The molecule has 1 nitrogen and oxygen atoms in total. The molecule has 0 N–H and O–H groups in total. The molecule has 12 heavy (non-hydrogen) atoms. The van der Waals surface area contributed by atoms with Crippen LogP contribution in [-0.4, -0.2) is 5.78 Å². The molecule has 71 valence electrons. The molecule has 0 atom stereocenters. The second-order valence-electron chi connectivity index (χ2n) is 1.97. The van der Waals surface area contributed by atoms with Gasteiger partial charge in [0.1, 0.15) is 0 Å². The Bertz CT molecular complexity index is 226. The number of hydrogen-bond acceptors (Lipinski definition) is 1. The Morgan fingerprint density at radius 1 is 1.25 bits per heavy atom. The van der Waals surface area contributed by atoms with E-state index >= 15 is 0 Å². The zero-order chi connectivity index (χ0) is 9.40. The van der Waals surface area contributed by atoms with Crippen LogP contribution >= 0.6 is 28.2 Å². The number of halogens is 2. The fourth-order valence-electron chi connectivity index (χ4n) is 0.673. The van der Waals surface area contributed by atoms with Crippen molar-refractivity contribution in [2.24, 2.45) is 0 Å². The van der Waals surface area contributed by atoms with Crippen LogP contribution in [0.3, 0.4) is 0 Å². The van der Waals surface area contributed by atoms with E-state index in [0.717, 1.165) is 5.56 Å². The van der Waals surface area contributed by atoms with Gasteiger partial charge in [0.2, 0.25) is 0 Å². The molecule has 0 aliphatic rings. The summed E-state index contributed by atoms with van der Waals surface area (Å²) in [6, 6.07) is 9.23. The van der Waals surface area contributed by atoms with E-state index in [0.29, 0.717) is 0 Å². The van der Waals surface area contributed by atoms with Gasteiger partial charge in [-0.3, -0.25) is 4.79 Å². The Hall–Kier alpha value is 0.369. The normalized spacial score (nSPS) is 8.58. The first-order valence-electron chi connectivity index (χ1n) is 3.09. The second kappa shape index (κ2) is 7.99. The summed E-state index contributed by atoms with van der Waals surface area (Å²) in [5, 5.41) is 0. The van der Waals surface area contributed by atoms with E-state index in [1.54, 1.807) is 6.92 Å². The van der Waals surface area contributed by atoms with E-state index in [1.165, 1.54) is 11.3 Å². The maximum atomic E-state index is 10.6. The average Bonchev–Trinajstić information content (AvgIpc) is 2.07. The fraction of sp³-hybridized carbons (Fsp3) is 0.125. The Kier molecular flexibility index (Phi) is 8.24. The number of ketones is 1. The van der Waals surface area contributed by atoms with E-state index in [9.17, 15) is 4.79 Å². The van der Waals surface area contributed by atoms with Crippen molar-refractivity contribution in [2.75, 3.05) is 0 Å². The fourth-order valence-corrected chi connectivity index (χ4v) is 0.673. The molecule has 0 unspecified atom stereocenters. The Balaban J connectivity index is 0.000000354. The molecule has 0 radical (unpaired) electrons. The summed E-state index contributed by atoms with van der Waals surface area (Å²) in [7, 11) is 0. The van der Waals surface area contributed by atoms with Gasteiger partial charge >= 0.3 is 39.6 Å². The first kappa shape index (κ1) is 12.4. The summed E-state index contributed by atoms with van der Waals surface area (Å²) >= 11 is 7.38. The van der Waals surface area contributed by atoms with Crippen molar-refractivity contribution in [3.05, 3.63) is 35.9 Å². The molecule has 0 aromatic heterocycles. The third-order valence-electron chi connectivity index (χ3n) is 1.18. The molecule has 0 aliphatic heterocycles. The molecule has 0 fully saturated rings. The molecule has 0 spiro atoms. The molecule has 0 aliphatic carbocycles. The van der Waals surface area contributed by atoms with Gasteiger partial charge in [-0.25, -0.2) is 0 Å². The molecular formula is C8H8Br2CuO. The van der Waals surface area contributed by atoms with Crippen molar-refractivity contribution < 1.29 is 16.1 Å². The Morgan fingerprint density at radius 3 is 1.92 bits per heavy atom. The van der Waals surface area contributed by atoms with E-state index in [-0.39, 0.29) is 5.78 Å². The SMILES string of the molecule is CC(=O)c1ccccc1.[Br][Cu][Br]. The first-order valence-corrected chi connectivity index (χ1v) is 7.75. The molecule has 1 rings (SSSR count). The van der Waals surface area contributed by atoms with Crippen LogP contribution in [-0.2, 0) is 11.3 Å². The molecule has 1 aromatic carbocycles. The van der Waals surface area contributed by atoms with Gasteiger partial charge in [0.25, 0.3) is 0 Å². The van der Waals surface area contributed by atoms with Crippen molar-refractivity contribution in [2.45, 2.75) is 6.92 Å². The molecule has 0 heterocycles. The van der Waals surface area contributed by atoms with Crippen LogP contribution in [0.1, 0.15) is 17.3 Å². The number of rotatable bonds is 1. The number of carbonyl (C=O) groups excluding carboxylic acids is 1. The number of Topliss-reactive ketones (excluding diaryl/α,β-unsaturated/α-hetero) is 1. The van der Waals surface area contributed by atoms with Crippen LogP contribution in [0.2, 0.25) is 0 Å². The van der Waals surface area contributed by atoms with E-state index < -0.39 is 0 Å². The zero-order valence-corrected chi connectivity index (χ0v) is 10.5. The minimum atomic E-state index is 0.121. The summed E-state index contributed by atoms with van der Waals surface area (Å²) in [6.07, 6.45) is 0. The van der Waals surface area contributed by atoms with Crippen molar-refractivity contribution in [3.8, 4) is 0 Å². The van der Waals surface area contributed by atoms with Crippen LogP contribution in [0.4, 0.5) is 0 Å². The molecule has 0 saturated heterocycles. The van der Waals surface area contributed by atoms with Gasteiger partial charge in [0.05, 0.1) is 0 Å². The van der Waals surface area contributed by atoms with Gasteiger partial charge in [-0.15, -0.1) is 0 Å². The van der Waals surface area contributed by atoms with Gasteiger partial charge in [-0.1, -0.05) is 30.3 Å². The third-order valence-corrected chi connectivity index (χ3v) is 1.18. The summed E-state index contributed by atoms with van der Waals surface area (Å²) in [4.78, 5) is 10.6. The topological polar surface area (TPSA) is 17.1 Å². The summed E-state index contributed by atoms with van der Waals surface area (Å²) in [5.74, 6) is 0.121. The molecule has 4 heteroatoms. The van der Waals surface area contributed by atoms with Gasteiger partial charge < -0.3 is 0 Å². The van der Waals surface area contributed by atoms with Crippen LogP contribution in [0.15, 0.2) is 30.3 Å². The van der Waals surface area contributed by atoms with Gasteiger partial charge in [-0.05, 0) is 6.92 Å². The van der Waals surface area contributed by atoms with Crippen molar-refractivity contribution >= 4 is 34.0 Å². The van der Waals surface area contributed by atoms with E-state index in [1.807, 2.05) is 30.3 Å². The Morgan fingerprint density at radius 2 is 1.67 bits per heavy atom. The summed E-state index contributed by atoms with van der Waals surface area (Å²) in [6.45, 7) is 1.56. The van der Waals surface area contributed by atoms with Crippen molar-refractivity contribution in [3.63, 3.8) is 0 Å². The number of hydrogen-bond donors (Lipinski definition) is 0. The van der Waals surface area contributed by atoms with Gasteiger partial charge in [0.15, 0.2) is 5.78 Å². The molecule has 1 aromatic rings. The molecule has 0 saturated carbocycles. The van der Waals surface area contributed by atoms with Crippen LogP contribution < -0.4 is 0 Å². The Labute approximate surface area is 92.5 Å². The van der Waals surface area contributed by atoms with Crippen LogP contribution in [0.25, 0.3) is 0 Å². The maximum absolute atomic E-state index is 10.6. The number of carbonyl (C=O) groups is 1. The quantitative estimate of drug-likeness (QED) is 0.563. The first-order chi connectivity index (χ1) is 5.72. The summed E-state index contributed by atoms with van der Waals surface area (Å²) < 4.78 is 0. The van der Waals surface area contributed by atoms with E-state index in [2.05, 4.69) is 28.2 Å². The molecule has 0 bridgehead atoms. The average molecular weight is 344 g/mol. The zero-order valence-electron chi connectivity index (χ0n) is 6.35. The molecule has 0 amide bonds. The standard InChI is InChI=1S/C8H8O.2BrH.Cu/c1-7(9)8-5-3-2-4-6-8;;;/h2-6H,1H3;2*1H;/q;;;+2/p-2. The van der Waals surface area contributed by atoms with E-state index in [4.69, 9.17) is 0 Å². The van der Waals surface area contributed by atoms with Crippen LogP contribution in [0.5, 0.6) is 0 Å². The summed E-state index contributed by atoms with van der Waals surface area (Å²) in [5.41, 5.74) is 0.775. The monoisotopic (exact) mass is 341 g/mol. The number of benzene rings is 1. The predicted octanol–water partition coefficient (Wildman–Crippen LogP) is 3.58. The van der Waals surface area contributed by atoms with Crippen molar-refractivity contribution in [1.82, 2.24) is 0 Å². The van der Waals surface area contributed by atoms with Gasteiger partial charge in [0, 0.05) is 5.56 Å². The minimum absolute atomic E-state index is 0.121.